The summed E-state index contributed by atoms with van der Waals surface area (Å²) in [4.78, 5) is 24.2. The monoisotopic (exact) mass is 454 g/mol. The van der Waals surface area contributed by atoms with Crippen molar-refractivity contribution >= 4 is 50.9 Å². The van der Waals surface area contributed by atoms with E-state index in [1.54, 1.807) is 24.3 Å². The van der Waals surface area contributed by atoms with Gasteiger partial charge in [0.15, 0.2) is 0 Å². The number of sulfonamides is 1. The first-order valence-corrected chi connectivity index (χ1v) is 11.6. The summed E-state index contributed by atoms with van der Waals surface area (Å²) < 4.78 is 27.1. The lowest BCUT2D eigenvalue weighted by molar-refractivity contribution is -0.133. The number of hydrogen-bond donors (Lipinski definition) is 2. The van der Waals surface area contributed by atoms with Crippen molar-refractivity contribution in [2.24, 2.45) is 0 Å². The van der Waals surface area contributed by atoms with Crippen LogP contribution in [0.5, 0.6) is 0 Å². The number of amides is 1. The Morgan fingerprint density at radius 1 is 1.14 bits per heavy atom. The molecule has 0 atom stereocenters. The number of halogens is 1. The van der Waals surface area contributed by atoms with Gasteiger partial charge in [-0.25, -0.2) is 8.42 Å². The zero-order valence-corrected chi connectivity index (χ0v) is 17.7. The molecule has 0 aliphatic carbocycles. The molecule has 1 amide bonds. The van der Waals surface area contributed by atoms with Crippen molar-refractivity contribution in [1.82, 2.24) is 4.31 Å². The van der Waals surface area contributed by atoms with E-state index in [1.165, 1.54) is 22.5 Å². The number of anilines is 1. The molecule has 2 aromatic rings. The fourth-order valence-electron chi connectivity index (χ4n) is 2.95. The van der Waals surface area contributed by atoms with Gasteiger partial charge in [0.25, 0.3) is 5.91 Å². The lowest BCUT2D eigenvalue weighted by Crippen LogP contribution is -2.28. The molecule has 0 bridgehead atoms. The summed E-state index contributed by atoms with van der Waals surface area (Å²) >= 11 is 6.90. The molecule has 1 aliphatic heterocycles. The highest BCUT2D eigenvalue weighted by Gasteiger charge is 2.28. The largest absolute Gasteiger partial charge is 0.481 e. The minimum atomic E-state index is -3.72. The molecular formula is C19H19ClN2O5S2. The van der Waals surface area contributed by atoms with E-state index in [2.05, 4.69) is 5.32 Å². The summed E-state index contributed by atoms with van der Waals surface area (Å²) in [6.07, 6.45) is 1.60. The summed E-state index contributed by atoms with van der Waals surface area (Å²) in [7, 11) is -3.72. The standard InChI is InChI=1S/C19H19ClN2O5S2/c20-13-4-3-5-14(10-13)21-19(25)16-11-15(6-7-17(16)28-12-18(23)24)29(26,27)22-8-1-2-9-22/h3-7,10-11H,1-2,8-9,12H2,(H,21,25)(H,23,24). The first-order chi connectivity index (χ1) is 13.8. The molecule has 0 unspecified atom stereocenters. The van der Waals surface area contributed by atoms with Crippen molar-refractivity contribution in [2.75, 3.05) is 24.2 Å². The number of hydrogen-bond acceptors (Lipinski definition) is 5. The van der Waals surface area contributed by atoms with Crippen molar-refractivity contribution in [3.63, 3.8) is 0 Å². The van der Waals surface area contributed by atoms with Gasteiger partial charge in [0, 0.05) is 28.7 Å². The average molecular weight is 455 g/mol. The zero-order chi connectivity index (χ0) is 21.0. The van der Waals surface area contributed by atoms with E-state index in [-0.39, 0.29) is 16.2 Å². The van der Waals surface area contributed by atoms with Gasteiger partial charge in [-0.2, -0.15) is 4.31 Å². The first kappa shape index (κ1) is 21.6. The molecule has 1 fully saturated rings. The molecule has 1 heterocycles. The molecule has 154 valence electrons. The fourth-order valence-corrected chi connectivity index (χ4v) is 5.44. The Kier molecular flexibility index (Phi) is 6.84. The maximum absolute atomic E-state index is 12.9. The van der Waals surface area contributed by atoms with Crippen LogP contribution >= 0.6 is 23.4 Å². The van der Waals surface area contributed by atoms with Crippen LogP contribution in [0.1, 0.15) is 23.2 Å². The fraction of sp³-hybridized carbons (Fsp3) is 0.263. The predicted molar refractivity (Wildman–Crippen MR) is 112 cm³/mol. The summed E-state index contributed by atoms with van der Waals surface area (Å²) in [6, 6.07) is 10.7. The van der Waals surface area contributed by atoms with Gasteiger partial charge in [0.1, 0.15) is 0 Å². The second kappa shape index (κ2) is 9.17. The van der Waals surface area contributed by atoms with Crippen LogP contribution in [0.2, 0.25) is 5.02 Å². The Labute approximate surface area is 178 Å². The number of aliphatic carboxylic acids is 1. The summed E-state index contributed by atoms with van der Waals surface area (Å²) in [5.41, 5.74) is 0.543. The minimum Gasteiger partial charge on any atom is -0.481 e. The Hall–Kier alpha value is -2.07. The van der Waals surface area contributed by atoms with E-state index in [9.17, 15) is 18.0 Å². The van der Waals surface area contributed by atoms with Gasteiger partial charge in [-0.3, -0.25) is 9.59 Å². The van der Waals surface area contributed by atoms with Crippen LogP contribution < -0.4 is 5.32 Å². The topological polar surface area (TPSA) is 104 Å². The highest BCUT2D eigenvalue weighted by atomic mass is 35.5. The third-order valence-electron chi connectivity index (χ3n) is 4.33. The van der Waals surface area contributed by atoms with Crippen molar-refractivity contribution in [3.8, 4) is 0 Å². The van der Waals surface area contributed by atoms with Gasteiger partial charge in [-0.15, -0.1) is 11.8 Å². The van der Waals surface area contributed by atoms with Crippen LogP contribution in [0.4, 0.5) is 5.69 Å². The van der Waals surface area contributed by atoms with Crippen LogP contribution in [0.3, 0.4) is 0 Å². The van der Waals surface area contributed by atoms with Gasteiger partial charge in [0.05, 0.1) is 16.2 Å². The summed E-state index contributed by atoms with van der Waals surface area (Å²) in [5.74, 6) is -1.83. The Bertz CT molecular complexity index is 1040. The van der Waals surface area contributed by atoms with E-state index in [0.29, 0.717) is 28.7 Å². The van der Waals surface area contributed by atoms with Crippen molar-refractivity contribution in [2.45, 2.75) is 22.6 Å². The van der Waals surface area contributed by atoms with E-state index in [4.69, 9.17) is 16.7 Å². The Morgan fingerprint density at radius 3 is 2.52 bits per heavy atom. The number of nitrogens with one attached hydrogen (secondary N) is 1. The smallest absolute Gasteiger partial charge is 0.313 e. The van der Waals surface area contributed by atoms with Gasteiger partial charge >= 0.3 is 5.97 Å². The molecule has 0 radical (unpaired) electrons. The molecule has 29 heavy (non-hydrogen) atoms. The molecular weight excluding hydrogens is 436 g/mol. The number of nitrogens with zero attached hydrogens (tertiary/aromatic N) is 1. The number of rotatable bonds is 7. The minimum absolute atomic E-state index is 0.00955. The van der Waals surface area contributed by atoms with Crippen molar-refractivity contribution in [3.05, 3.63) is 53.1 Å². The number of carboxylic acids is 1. The van der Waals surface area contributed by atoms with Gasteiger partial charge in [-0.1, -0.05) is 17.7 Å². The van der Waals surface area contributed by atoms with Crippen LogP contribution in [0.15, 0.2) is 52.3 Å². The van der Waals surface area contributed by atoms with E-state index in [0.717, 1.165) is 24.6 Å². The summed E-state index contributed by atoms with van der Waals surface area (Å²) in [6.45, 7) is 0.893. The maximum Gasteiger partial charge on any atom is 0.313 e. The highest BCUT2D eigenvalue weighted by Crippen LogP contribution is 2.29. The van der Waals surface area contributed by atoms with Gasteiger partial charge in [-0.05, 0) is 49.2 Å². The number of carbonyl (C=O) groups is 2. The van der Waals surface area contributed by atoms with E-state index < -0.39 is 21.9 Å². The summed E-state index contributed by atoms with van der Waals surface area (Å²) in [5, 5.41) is 12.1. The van der Waals surface area contributed by atoms with Gasteiger partial charge in [0.2, 0.25) is 10.0 Å². The lowest BCUT2D eigenvalue weighted by atomic mass is 10.2. The quantitative estimate of drug-likeness (QED) is 0.620. The second-order valence-electron chi connectivity index (χ2n) is 6.42. The van der Waals surface area contributed by atoms with Crippen LogP contribution in [0.25, 0.3) is 0 Å². The van der Waals surface area contributed by atoms with Crippen molar-refractivity contribution < 1.29 is 23.1 Å². The van der Waals surface area contributed by atoms with E-state index in [1.807, 2.05) is 0 Å². The molecule has 0 aromatic heterocycles. The molecule has 1 aliphatic rings. The second-order valence-corrected chi connectivity index (χ2v) is 9.81. The zero-order valence-electron chi connectivity index (χ0n) is 15.3. The molecule has 3 rings (SSSR count). The number of benzene rings is 2. The number of thioether (sulfide) groups is 1. The van der Waals surface area contributed by atoms with Crippen LogP contribution in [0, 0.1) is 0 Å². The molecule has 10 heteroatoms. The maximum atomic E-state index is 12.9. The third-order valence-corrected chi connectivity index (χ3v) is 7.52. The molecule has 2 aromatic carbocycles. The lowest BCUT2D eigenvalue weighted by Gasteiger charge is -2.17. The highest BCUT2D eigenvalue weighted by molar-refractivity contribution is 8.00. The number of carbonyl (C=O) groups excluding carboxylic acids is 1. The average Bonchev–Trinajstić information content (AvgIpc) is 3.22. The van der Waals surface area contributed by atoms with E-state index >= 15 is 0 Å². The van der Waals surface area contributed by atoms with Gasteiger partial charge < -0.3 is 10.4 Å². The van der Waals surface area contributed by atoms with Crippen molar-refractivity contribution in [1.29, 1.82) is 0 Å². The molecule has 2 N–H and O–H groups in total. The predicted octanol–water partition coefficient (Wildman–Crippen LogP) is 3.55. The van der Waals surface area contributed by atoms with Crippen LogP contribution in [-0.4, -0.2) is 48.5 Å². The number of carboxylic acid groups (broad SMARTS) is 1. The Morgan fingerprint density at radius 2 is 1.86 bits per heavy atom. The molecule has 1 saturated heterocycles. The molecule has 7 nitrogen and oxygen atoms in total. The molecule has 0 spiro atoms. The third kappa shape index (κ3) is 5.30. The SMILES string of the molecule is O=C(O)CSc1ccc(S(=O)(=O)N2CCCC2)cc1C(=O)Nc1cccc(Cl)c1. The normalized spacial score (nSPS) is 14.7. The Balaban J connectivity index is 1.96. The van der Waals surface area contributed by atoms with Crippen LogP contribution in [-0.2, 0) is 14.8 Å². The first-order valence-electron chi connectivity index (χ1n) is 8.83. The molecule has 0 saturated carbocycles.